The summed E-state index contributed by atoms with van der Waals surface area (Å²) in [6.45, 7) is 0. The lowest BCUT2D eigenvalue weighted by Gasteiger charge is -2.26. The average Bonchev–Trinajstić information content (AvgIpc) is 2.80. The van der Waals surface area contributed by atoms with Gasteiger partial charge in [-0.1, -0.05) is 10.9 Å². The Labute approximate surface area is 104 Å². The van der Waals surface area contributed by atoms with E-state index in [0.29, 0.717) is 18.5 Å². The largest absolute Gasteiger partial charge is 0.292 e. The number of Topliss-reactive ketones (excluding diaryl/α,β-unsaturated/α-hetero) is 1. The number of hydrogen-bond acceptors (Lipinski definition) is 6. The van der Waals surface area contributed by atoms with Gasteiger partial charge in [0.1, 0.15) is 15.5 Å². The number of sulfone groups is 1. The molecule has 94 valence electrons. The Morgan fingerprint density at radius 1 is 1.47 bits per heavy atom. The molecule has 2 unspecified atom stereocenters. The highest BCUT2D eigenvalue weighted by Crippen LogP contribution is 2.30. The van der Waals surface area contributed by atoms with Crippen molar-refractivity contribution in [2.45, 2.75) is 30.9 Å². The van der Waals surface area contributed by atoms with E-state index in [1.807, 2.05) is 0 Å². The van der Waals surface area contributed by atoms with Crippen molar-refractivity contribution < 1.29 is 13.2 Å². The highest BCUT2D eigenvalue weighted by Gasteiger charge is 2.33. The van der Waals surface area contributed by atoms with Crippen molar-refractivity contribution in [3.05, 3.63) is 11.1 Å². The molecule has 1 aromatic heterocycles. The zero-order valence-corrected chi connectivity index (χ0v) is 11.1. The van der Waals surface area contributed by atoms with Gasteiger partial charge in [-0.3, -0.25) is 4.79 Å². The molecule has 1 fully saturated rings. The third kappa shape index (κ3) is 2.90. The van der Waals surface area contributed by atoms with Gasteiger partial charge in [-0.25, -0.2) is 8.42 Å². The van der Waals surface area contributed by atoms with Gasteiger partial charge in [0.05, 0.1) is 5.25 Å². The molecule has 0 amide bonds. The summed E-state index contributed by atoms with van der Waals surface area (Å²) < 4.78 is 26.7. The van der Waals surface area contributed by atoms with Crippen molar-refractivity contribution in [1.82, 2.24) is 9.59 Å². The molecule has 1 aliphatic rings. The molecule has 2 rings (SSSR count). The molecule has 1 heterocycles. The maximum atomic E-state index is 12.0. The summed E-state index contributed by atoms with van der Waals surface area (Å²) in [5.74, 6) is -0.278. The smallest absolute Gasteiger partial charge is 0.187 e. The van der Waals surface area contributed by atoms with Gasteiger partial charge in [0, 0.05) is 17.6 Å². The van der Waals surface area contributed by atoms with Crippen LogP contribution in [0.25, 0.3) is 0 Å². The van der Waals surface area contributed by atoms with Crippen molar-refractivity contribution in [3.8, 4) is 0 Å². The standard InChI is InChI=1S/C10H14N2O3S2/c1-17(14,15)8-4-2-3-7(5-8)10(13)9-6-16-12-11-9/h6-8H,2-5H2,1H3. The third-order valence-electron chi connectivity index (χ3n) is 3.21. The topological polar surface area (TPSA) is 77.0 Å². The molecule has 1 aromatic rings. The summed E-state index contributed by atoms with van der Waals surface area (Å²) in [5.41, 5.74) is 0.370. The molecule has 17 heavy (non-hydrogen) atoms. The van der Waals surface area contributed by atoms with Gasteiger partial charge in [-0.05, 0) is 30.8 Å². The van der Waals surface area contributed by atoms with E-state index in [-0.39, 0.29) is 17.0 Å². The molecule has 0 N–H and O–H groups in total. The molecule has 7 heteroatoms. The van der Waals surface area contributed by atoms with Crippen molar-refractivity contribution in [1.29, 1.82) is 0 Å². The Balaban J connectivity index is 2.10. The zero-order valence-electron chi connectivity index (χ0n) is 9.50. The van der Waals surface area contributed by atoms with Gasteiger partial charge in [0.2, 0.25) is 0 Å². The van der Waals surface area contributed by atoms with Gasteiger partial charge in [0.25, 0.3) is 0 Å². The Morgan fingerprint density at radius 3 is 2.82 bits per heavy atom. The normalized spacial score (nSPS) is 25.7. The summed E-state index contributed by atoms with van der Waals surface area (Å²) >= 11 is 1.14. The molecule has 5 nitrogen and oxygen atoms in total. The number of nitrogens with zero attached hydrogens (tertiary/aromatic N) is 2. The molecule has 0 saturated heterocycles. The minimum atomic E-state index is -3.05. The summed E-state index contributed by atoms with van der Waals surface area (Å²) in [5, 5.41) is 4.99. The third-order valence-corrected chi connectivity index (χ3v) is 5.36. The van der Waals surface area contributed by atoms with Crippen molar-refractivity contribution >= 4 is 27.2 Å². The Kier molecular flexibility index (Phi) is 3.58. The number of hydrogen-bond donors (Lipinski definition) is 0. The van der Waals surface area contributed by atoms with Crippen LogP contribution < -0.4 is 0 Å². The van der Waals surface area contributed by atoms with E-state index in [1.165, 1.54) is 6.26 Å². The summed E-state index contributed by atoms with van der Waals surface area (Å²) in [7, 11) is -3.05. The van der Waals surface area contributed by atoms with Crippen LogP contribution in [0.3, 0.4) is 0 Å². The second kappa shape index (κ2) is 4.81. The lowest BCUT2D eigenvalue weighted by atomic mass is 9.85. The summed E-state index contributed by atoms with van der Waals surface area (Å²) in [6, 6.07) is 0. The minimum Gasteiger partial charge on any atom is -0.292 e. The van der Waals surface area contributed by atoms with Crippen LogP contribution in [-0.2, 0) is 9.84 Å². The molecular weight excluding hydrogens is 260 g/mol. The number of ketones is 1. The molecule has 0 aliphatic heterocycles. The number of rotatable bonds is 3. The molecule has 0 aromatic carbocycles. The molecule has 0 radical (unpaired) electrons. The monoisotopic (exact) mass is 274 g/mol. The number of carbonyl (C=O) groups is 1. The molecular formula is C10H14N2O3S2. The molecule has 1 saturated carbocycles. The molecule has 1 aliphatic carbocycles. The predicted octanol–water partition coefficient (Wildman–Crippen LogP) is 1.32. The lowest BCUT2D eigenvalue weighted by Crippen LogP contribution is -2.31. The second-order valence-corrected chi connectivity index (χ2v) is 7.41. The van der Waals surface area contributed by atoms with E-state index in [0.717, 1.165) is 24.4 Å². The molecule has 2 atom stereocenters. The summed E-state index contributed by atoms with van der Waals surface area (Å²) in [6.07, 6.45) is 3.87. The van der Waals surface area contributed by atoms with Crippen LogP contribution in [0.5, 0.6) is 0 Å². The van der Waals surface area contributed by atoms with E-state index < -0.39 is 9.84 Å². The van der Waals surface area contributed by atoms with Gasteiger partial charge < -0.3 is 0 Å². The van der Waals surface area contributed by atoms with Crippen LogP contribution >= 0.6 is 11.5 Å². The second-order valence-electron chi connectivity index (χ2n) is 4.47. The number of aromatic nitrogens is 2. The van der Waals surface area contributed by atoms with E-state index in [1.54, 1.807) is 5.38 Å². The number of carbonyl (C=O) groups excluding carboxylic acids is 1. The minimum absolute atomic E-state index is 0.0629. The first-order valence-electron chi connectivity index (χ1n) is 5.48. The first-order valence-corrected chi connectivity index (χ1v) is 8.27. The Bertz CT molecular complexity index is 496. The van der Waals surface area contributed by atoms with Crippen molar-refractivity contribution in [2.24, 2.45) is 5.92 Å². The Hall–Kier alpha value is -0.820. The quantitative estimate of drug-likeness (QED) is 0.777. The predicted molar refractivity (Wildman–Crippen MR) is 64.8 cm³/mol. The maximum Gasteiger partial charge on any atom is 0.187 e. The highest BCUT2D eigenvalue weighted by molar-refractivity contribution is 7.91. The van der Waals surface area contributed by atoms with E-state index in [9.17, 15) is 13.2 Å². The van der Waals surface area contributed by atoms with Crippen LogP contribution in [0.15, 0.2) is 5.38 Å². The summed E-state index contributed by atoms with van der Waals surface area (Å²) in [4.78, 5) is 12.0. The average molecular weight is 274 g/mol. The van der Waals surface area contributed by atoms with Crippen LogP contribution in [0.1, 0.15) is 36.2 Å². The molecule has 0 bridgehead atoms. The van der Waals surface area contributed by atoms with Gasteiger partial charge in [-0.15, -0.1) is 5.10 Å². The zero-order chi connectivity index (χ0) is 12.5. The van der Waals surface area contributed by atoms with Crippen LogP contribution in [0.4, 0.5) is 0 Å². The maximum absolute atomic E-state index is 12.0. The Morgan fingerprint density at radius 2 is 2.24 bits per heavy atom. The van der Waals surface area contributed by atoms with Gasteiger partial charge >= 0.3 is 0 Å². The fraction of sp³-hybridized carbons (Fsp3) is 0.700. The van der Waals surface area contributed by atoms with Crippen molar-refractivity contribution in [3.63, 3.8) is 0 Å². The first kappa shape index (κ1) is 12.6. The van der Waals surface area contributed by atoms with Gasteiger partial charge in [0.15, 0.2) is 5.78 Å². The van der Waals surface area contributed by atoms with Gasteiger partial charge in [-0.2, -0.15) is 0 Å². The fourth-order valence-electron chi connectivity index (χ4n) is 2.25. The van der Waals surface area contributed by atoms with E-state index >= 15 is 0 Å². The van der Waals surface area contributed by atoms with E-state index in [4.69, 9.17) is 0 Å². The first-order chi connectivity index (χ1) is 7.98. The molecule has 0 spiro atoms. The van der Waals surface area contributed by atoms with Crippen LogP contribution in [-0.4, -0.2) is 35.3 Å². The van der Waals surface area contributed by atoms with Crippen LogP contribution in [0.2, 0.25) is 0 Å². The SMILES string of the molecule is CS(=O)(=O)C1CCCC(C(=O)c2csnn2)C1. The van der Waals surface area contributed by atoms with Crippen LogP contribution in [0, 0.1) is 5.92 Å². The fourth-order valence-corrected chi connectivity index (χ4v) is 3.88. The van der Waals surface area contributed by atoms with Crippen molar-refractivity contribution in [2.75, 3.05) is 6.26 Å². The van der Waals surface area contributed by atoms with E-state index in [2.05, 4.69) is 9.59 Å². The highest BCUT2D eigenvalue weighted by atomic mass is 32.2. The lowest BCUT2D eigenvalue weighted by molar-refractivity contribution is 0.0885.